The minimum absolute atomic E-state index is 0.0368. The van der Waals surface area contributed by atoms with Crippen molar-refractivity contribution in [3.63, 3.8) is 0 Å². The molecule has 1 aromatic carbocycles. The van der Waals surface area contributed by atoms with Crippen LogP contribution in [0.15, 0.2) is 48.7 Å². The first-order valence-electron chi connectivity index (χ1n) is 11.1. The zero-order valence-electron chi connectivity index (χ0n) is 19.8. The maximum atomic E-state index is 14.7. The summed E-state index contributed by atoms with van der Waals surface area (Å²) >= 11 is 0. The Kier molecular flexibility index (Phi) is 7.39. The van der Waals surface area contributed by atoms with Gasteiger partial charge in [0.25, 0.3) is 0 Å². The van der Waals surface area contributed by atoms with Crippen molar-refractivity contribution < 1.29 is 18.7 Å². The standard InChI is InChI=1S/C24H21FN8O.CO2/c1-24(8-9-34-14-24)21-7-3-5-16(28-21)12-33-13-20(31-32-33)19-10-18(29-23(27)30-19)17-6-2-4-15(11-26)22(17)25;2-1-3/h2-7,10,13H,8-9,12,14H2,1H3,(H2,27,29,30);. The molecule has 12 heteroatoms. The number of nitrogens with two attached hydrogens (primary N) is 1. The van der Waals surface area contributed by atoms with E-state index in [1.807, 2.05) is 24.3 Å². The van der Waals surface area contributed by atoms with Gasteiger partial charge in [-0.2, -0.15) is 14.9 Å². The third kappa shape index (κ3) is 5.54. The third-order valence-electron chi connectivity index (χ3n) is 5.91. The second-order valence-corrected chi connectivity index (χ2v) is 8.54. The summed E-state index contributed by atoms with van der Waals surface area (Å²) in [7, 11) is 0. The summed E-state index contributed by atoms with van der Waals surface area (Å²) in [5.74, 6) is -0.699. The van der Waals surface area contributed by atoms with E-state index >= 15 is 0 Å². The van der Waals surface area contributed by atoms with Gasteiger partial charge >= 0.3 is 6.15 Å². The van der Waals surface area contributed by atoms with E-state index in [-0.39, 0.29) is 34.3 Å². The smallest absolute Gasteiger partial charge is 0.373 e. The fraction of sp³-hybridized carbons (Fsp3) is 0.240. The molecule has 3 aromatic heterocycles. The number of benzene rings is 1. The van der Waals surface area contributed by atoms with Gasteiger partial charge in [-0.15, -0.1) is 5.10 Å². The Hall–Kier alpha value is -4.85. The molecule has 0 aliphatic carbocycles. The van der Waals surface area contributed by atoms with Crippen LogP contribution in [-0.2, 0) is 26.3 Å². The van der Waals surface area contributed by atoms with Gasteiger partial charge in [0.2, 0.25) is 5.95 Å². The van der Waals surface area contributed by atoms with Gasteiger partial charge in [0.15, 0.2) is 0 Å². The van der Waals surface area contributed by atoms with Gasteiger partial charge in [-0.25, -0.2) is 19.0 Å². The molecule has 0 spiro atoms. The lowest BCUT2D eigenvalue weighted by atomic mass is 9.86. The maximum Gasteiger partial charge on any atom is 0.373 e. The number of rotatable bonds is 5. The molecular formula is C25H21FN8O3. The van der Waals surface area contributed by atoms with Crippen molar-refractivity contribution >= 4 is 12.1 Å². The van der Waals surface area contributed by atoms with E-state index < -0.39 is 5.82 Å². The Labute approximate surface area is 210 Å². The van der Waals surface area contributed by atoms with Gasteiger partial charge in [-0.05, 0) is 36.8 Å². The first kappa shape index (κ1) is 25.2. The highest BCUT2D eigenvalue weighted by Crippen LogP contribution is 2.31. The van der Waals surface area contributed by atoms with Gasteiger partial charge < -0.3 is 10.5 Å². The largest absolute Gasteiger partial charge is 0.380 e. The molecule has 0 amide bonds. The quantitative estimate of drug-likeness (QED) is 0.431. The van der Waals surface area contributed by atoms with E-state index in [1.54, 1.807) is 23.0 Å². The lowest BCUT2D eigenvalue weighted by Crippen LogP contribution is -2.24. The first-order chi connectivity index (χ1) is 17.9. The molecule has 0 saturated carbocycles. The number of halogens is 1. The zero-order valence-corrected chi connectivity index (χ0v) is 19.8. The van der Waals surface area contributed by atoms with Gasteiger partial charge in [0.1, 0.15) is 17.6 Å². The number of ether oxygens (including phenoxy) is 1. The molecule has 1 atom stereocenters. The summed E-state index contributed by atoms with van der Waals surface area (Å²) in [5, 5.41) is 17.5. The second kappa shape index (κ2) is 10.8. The van der Waals surface area contributed by atoms with Crippen molar-refractivity contribution in [1.82, 2.24) is 29.9 Å². The van der Waals surface area contributed by atoms with Crippen LogP contribution < -0.4 is 5.73 Å². The molecule has 5 rings (SSSR count). The van der Waals surface area contributed by atoms with E-state index in [9.17, 15) is 4.39 Å². The van der Waals surface area contributed by atoms with E-state index in [1.165, 1.54) is 12.1 Å². The second-order valence-electron chi connectivity index (χ2n) is 8.54. The van der Waals surface area contributed by atoms with Gasteiger partial charge in [-0.3, -0.25) is 4.98 Å². The monoisotopic (exact) mass is 500 g/mol. The summed E-state index contributed by atoms with van der Waals surface area (Å²) in [6.45, 7) is 3.98. The molecule has 1 aliphatic heterocycles. The average Bonchev–Trinajstić information content (AvgIpc) is 3.54. The van der Waals surface area contributed by atoms with E-state index in [4.69, 9.17) is 30.3 Å². The number of pyridine rings is 1. The number of carbonyl (C=O) groups excluding carboxylic acids is 2. The lowest BCUT2D eigenvalue weighted by Gasteiger charge is -2.21. The number of hydrogen-bond donors (Lipinski definition) is 1. The fourth-order valence-corrected chi connectivity index (χ4v) is 3.98. The van der Waals surface area contributed by atoms with Crippen LogP contribution in [0, 0.1) is 17.1 Å². The molecule has 2 N–H and O–H groups in total. The van der Waals surface area contributed by atoms with Crippen LogP contribution in [0.1, 0.15) is 30.3 Å². The van der Waals surface area contributed by atoms with Gasteiger partial charge in [0, 0.05) is 23.3 Å². The molecule has 1 unspecified atom stereocenters. The van der Waals surface area contributed by atoms with Crippen molar-refractivity contribution in [2.45, 2.75) is 25.3 Å². The Morgan fingerprint density at radius 3 is 2.62 bits per heavy atom. The van der Waals surface area contributed by atoms with Crippen LogP contribution in [0.2, 0.25) is 0 Å². The van der Waals surface area contributed by atoms with Crippen LogP contribution in [0.4, 0.5) is 10.3 Å². The Morgan fingerprint density at radius 2 is 1.89 bits per heavy atom. The van der Waals surface area contributed by atoms with E-state index in [0.29, 0.717) is 24.5 Å². The Bertz CT molecular complexity index is 1500. The Morgan fingerprint density at radius 1 is 1.14 bits per heavy atom. The van der Waals surface area contributed by atoms with Crippen molar-refractivity contribution in [3.05, 3.63) is 71.4 Å². The molecule has 11 nitrogen and oxygen atoms in total. The van der Waals surface area contributed by atoms with Gasteiger partial charge in [0.05, 0.1) is 42.0 Å². The Balaban J connectivity index is 0.00000102. The highest BCUT2D eigenvalue weighted by molar-refractivity contribution is 5.68. The van der Waals surface area contributed by atoms with Crippen molar-refractivity contribution in [2.24, 2.45) is 0 Å². The van der Waals surface area contributed by atoms with Crippen LogP contribution in [0.25, 0.3) is 22.6 Å². The van der Waals surface area contributed by atoms with Crippen molar-refractivity contribution in [3.8, 4) is 28.7 Å². The first-order valence-corrected chi connectivity index (χ1v) is 11.1. The number of nitrogen functional groups attached to an aromatic ring is 1. The number of aromatic nitrogens is 6. The minimum atomic E-state index is -0.662. The molecule has 186 valence electrons. The molecule has 4 heterocycles. The summed E-state index contributed by atoms with van der Waals surface area (Å²) in [6.07, 6.45) is 2.91. The van der Waals surface area contributed by atoms with Crippen LogP contribution in [0.5, 0.6) is 0 Å². The highest BCUT2D eigenvalue weighted by atomic mass is 19.1. The topological polar surface area (TPSA) is 163 Å². The zero-order chi connectivity index (χ0) is 26.4. The number of anilines is 1. The molecule has 0 bridgehead atoms. The predicted octanol–water partition coefficient (Wildman–Crippen LogP) is 2.53. The van der Waals surface area contributed by atoms with Crippen LogP contribution in [-0.4, -0.2) is 49.3 Å². The van der Waals surface area contributed by atoms with Crippen molar-refractivity contribution in [2.75, 3.05) is 18.9 Å². The number of hydrogen-bond acceptors (Lipinski definition) is 10. The number of nitrogens with zero attached hydrogens (tertiary/aromatic N) is 7. The summed E-state index contributed by atoms with van der Waals surface area (Å²) in [6, 6.07) is 13.9. The predicted molar refractivity (Wildman–Crippen MR) is 127 cm³/mol. The molecule has 1 fully saturated rings. The fourth-order valence-electron chi connectivity index (χ4n) is 3.98. The average molecular weight is 500 g/mol. The normalized spacial score (nSPS) is 16.4. The summed E-state index contributed by atoms with van der Waals surface area (Å²) in [4.78, 5) is 29.4. The highest BCUT2D eigenvalue weighted by Gasteiger charge is 2.33. The summed E-state index contributed by atoms with van der Waals surface area (Å²) < 4.78 is 21.9. The van der Waals surface area contributed by atoms with Crippen LogP contribution in [0.3, 0.4) is 0 Å². The SMILES string of the molecule is CC1(c2cccc(Cn3cc(-c4cc(-c5cccc(C#N)c5F)nc(N)n4)nn3)n2)CCOC1.O=C=O. The van der Waals surface area contributed by atoms with E-state index in [2.05, 4.69) is 27.2 Å². The van der Waals surface area contributed by atoms with Crippen molar-refractivity contribution in [1.29, 1.82) is 5.26 Å². The minimum Gasteiger partial charge on any atom is -0.380 e. The molecule has 0 radical (unpaired) electrons. The lowest BCUT2D eigenvalue weighted by molar-refractivity contribution is -0.191. The third-order valence-corrected chi connectivity index (χ3v) is 5.91. The molecule has 1 saturated heterocycles. The van der Waals surface area contributed by atoms with Gasteiger partial charge in [-0.1, -0.05) is 24.3 Å². The summed E-state index contributed by atoms with van der Waals surface area (Å²) in [5.41, 5.74) is 8.84. The van der Waals surface area contributed by atoms with Crippen LogP contribution >= 0.6 is 0 Å². The van der Waals surface area contributed by atoms with E-state index in [0.717, 1.165) is 24.4 Å². The maximum absolute atomic E-state index is 14.7. The molecule has 1 aliphatic rings. The molecule has 37 heavy (non-hydrogen) atoms. The molecule has 4 aromatic rings. The number of nitriles is 1. The molecular weight excluding hydrogens is 479 g/mol.